The van der Waals surface area contributed by atoms with Gasteiger partial charge in [0.1, 0.15) is 23.8 Å². The number of carbonyl (C=O) groups excluding carboxylic acids is 3. The molecule has 0 saturated carbocycles. The molecule has 4 aromatic heterocycles. The molecular weight excluding hydrogens is 809 g/mol. The van der Waals surface area contributed by atoms with E-state index in [1.807, 2.05) is 42.7 Å². The Bertz CT molecular complexity index is 2890. The van der Waals surface area contributed by atoms with Crippen molar-refractivity contribution in [3.63, 3.8) is 0 Å². The van der Waals surface area contributed by atoms with Crippen molar-refractivity contribution in [2.75, 3.05) is 30.3 Å². The van der Waals surface area contributed by atoms with E-state index in [1.165, 1.54) is 24.3 Å². The van der Waals surface area contributed by atoms with Gasteiger partial charge in [0.25, 0.3) is 0 Å². The number of aromatic nitrogens is 6. The molecule has 0 aliphatic carbocycles. The first-order valence-electron chi connectivity index (χ1n) is 19.7. The van der Waals surface area contributed by atoms with Crippen LogP contribution in [0.1, 0.15) is 20.8 Å². The molecule has 4 aromatic carbocycles. The average molecular weight is 852 g/mol. The van der Waals surface area contributed by atoms with Crippen LogP contribution in [0.25, 0.3) is 55.8 Å². The van der Waals surface area contributed by atoms with Crippen LogP contribution in [-0.4, -0.2) is 72.5 Å². The minimum absolute atomic E-state index is 0.219. The number of hydrogen-bond donors (Lipinski definition) is 5. The van der Waals surface area contributed by atoms with E-state index in [0.717, 1.165) is 44.5 Å². The normalized spacial score (nSPS) is 11.1. The highest BCUT2D eigenvalue weighted by molar-refractivity contribution is 5.95. The molecule has 0 aliphatic rings. The maximum Gasteiger partial charge on any atom is 0.408 e. The van der Waals surface area contributed by atoms with Gasteiger partial charge in [-0.2, -0.15) is 10.2 Å². The Morgan fingerprint density at radius 2 is 1.13 bits per heavy atom. The van der Waals surface area contributed by atoms with Crippen molar-refractivity contribution in [2.24, 2.45) is 5.73 Å². The maximum atomic E-state index is 13.2. The summed E-state index contributed by atoms with van der Waals surface area (Å²) in [6, 6.07) is 26.8. The zero-order valence-electron chi connectivity index (χ0n) is 34.5. The smallest absolute Gasteiger partial charge is 0.408 e. The Morgan fingerprint density at radius 3 is 1.60 bits per heavy atom. The number of urea groups is 1. The van der Waals surface area contributed by atoms with Crippen LogP contribution in [0.4, 0.5) is 29.7 Å². The Morgan fingerprint density at radius 1 is 0.635 bits per heavy atom. The van der Waals surface area contributed by atoms with Crippen molar-refractivity contribution in [1.29, 1.82) is 0 Å². The van der Waals surface area contributed by atoms with Crippen LogP contribution in [0.15, 0.2) is 134 Å². The average Bonchev–Trinajstić information content (AvgIpc) is 3.90. The maximum absolute atomic E-state index is 13.2. The summed E-state index contributed by atoms with van der Waals surface area (Å²) in [7, 11) is 0. The van der Waals surface area contributed by atoms with Crippen molar-refractivity contribution in [3.05, 3.63) is 146 Å². The number of anilines is 2. The number of nitrogens with two attached hydrogens (primary N) is 1. The first kappa shape index (κ1) is 43.1. The number of nitrogens with one attached hydrogen (secondary N) is 4. The molecule has 4 heterocycles. The van der Waals surface area contributed by atoms with Gasteiger partial charge in [-0.3, -0.25) is 4.79 Å². The Kier molecular flexibility index (Phi) is 13.1. The summed E-state index contributed by atoms with van der Waals surface area (Å²) >= 11 is 0. The molecule has 15 nitrogen and oxygen atoms in total. The van der Waals surface area contributed by atoms with Gasteiger partial charge < -0.3 is 31.7 Å². The second kappa shape index (κ2) is 19.1. The van der Waals surface area contributed by atoms with Gasteiger partial charge in [0.15, 0.2) is 11.3 Å². The molecule has 0 aliphatic heterocycles. The topological polar surface area (TPSA) is 195 Å². The fraction of sp³-hybridized carbons (Fsp3) is 0.152. The largest absolute Gasteiger partial charge is 0.444 e. The standard InChI is InChI=1S/C25H24FN5O3.C21H19FN6O/c1-25(2,3)34-24(33)28-14-22(32)30-20-6-4-5-17(11-20)21-13-29-31-15-18(12-27-23(21)31)16-7-9-19(26)10-8-16;22-17-6-4-14(5-7-17)16-11-25-20-19(12-26-28(20)13-16)15-2-1-3-18(10-15)27-21(29)24-9-8-23/h4-13,15H,14H2,1-3H3,(H,28,33)(H,30,32);1-7,10-13H,8-9,23H2,(H2,24,27,29). The summed E-state index contributed by atoms with van der Waals surface area (Å²) in [5, 5.41) is 19.4. The predicted octanol–water partition coefficient (Wildman–Crippen LogP) is 7.95. The monoisotopic (exact) mass is 851 g/mol. The highest BCUT2D eigenvalue weighted by Gasteiger charge is 2.17. The van der Waals surface area contributed by atoms with Crippen molar-refractivity contribution in [2.45, 2.75) is 26.4 Å². The van der Waals surface area contributed by atoms with Crippen LogP contribution >= 0.6 is 0 Å². The lowest BCUT2D eigenvalue weighted by Gasteiger charge is -2.19. The van der Waals surface area contributed by atoms with Gasteiger partial charge >= 0.3 is 12.1 Å². The molecule has 0 bridgehead atoms. The highest BCUT2D eigenvalue weighted by atomic mass is 19.1. The lowest BCUT2D eigenvalue weighted by molar-refractivity contribution is -0.115. The summed E-state index contributed by atoms with van der Waals surface area (Å²) in [5.74, 6) is -0.967. The number of halogens is 2. The lowest BCUT2D eigenvalue weighted by Crippen LogP contribution is -2.37. The summed E-state index contributed by atoms with van der Waals surface area (Å²) in [4.78, 5) is 44.9. The number of benzene rings is 4. The molecule has 4 amide bonds. The fourth-order valence-corrected chi connectivity index (χ4v) is 6.30. The molecule has 17 heteroatoms. The molecule has 63 heavy (non-hydrogen) atoms. The number of nitrogens with zero attached hydrogens (tertiary/aromatic N) is 6. The van der Waals surface area contributed by atoms with Gasteiger partial charge in [0.05, 0.1) is 12.4 Å². The second-order valence-corrected chi connectivity index (χ2v) is 15.1. The summed E-state index contributed by atoms with van der Waals surface area (Å²) in [5.41, 5.74) is 13.9. The third-order valence-electron chi connectivity index (χ3n) is 9.18. The molecule has 0 radical (unpaired) electrons. The van der Waals surface area contributed by atoms with Crippen LogP contribution in [0, 0.1) is 11.6 Å². The third kappa shape index (κ3) is 11.2. The van der Waals surface area contributed by atoms with Gasteiger partial charge in [0, 0.05) is 71.5 Å². The SMILES string of the molecule is CC(C)(C)OC(=O)NCC(=O)Nc1cccc(-c2cnn3cc(-c4ccc(F)cc4)cnc23)c1.NCCNC(=O)Nc1cccc(-c2cnn3cc(-c4ccc(F)cc4)cnc23)c1. The van der Waals surface area contributed by atoms with Crippen molar-refractivity contribution < 1.29 is 27.9 Å². The number of rotatable bonds is 10. The first-order chi connectivity index (χ1) is 30.3. The van der Waals surface area contributed by atoms with Crippen molar-refractivity contribution >= 4 is 40.7 Å². The van der Waals surface area contributed by atoms with E-state index in [4.69, 9.17) is 10.5 Å². The van der Waals surface area contributed by atoms with Crippen LogP contribution in [-0.2, 0) is 9.53 Å². The highest BCUT2D eigenvalue weighted by Crippen LogP contribution is 2.29. The minimum atomic E-state index is -0.658. The molecular formula is C46H43F2N11O4. The van der Waals surface area contributed by atoms with E-state index in [9.17, 15) is 23.2 Å². The molecule has 0 spiro atoms. The van der Waals surface area contributed by atoms with Crippen molar-refractivity contribution in [3.8, 4) is 44.5 Å². The van der Waals surface area contributed by atoms with Crippen LogP contribution in [0.5, 0.6) is 0 Å². The van der Waals surface area contributed by atoms with E-state index in [0.29, 0.717) is 35.8 Å². The molecule has 0 atom stereocenters. The Labute approximate surface area is 360 Å². The number of hydrogen-bond acceptors (Lipinski definition) is 9. The fourth-order valence-electron chi connectivity index (χ4n) is 6.30. The summed E-state index contributed by atoms with van der Waals surface area (Å²) in [6.45, 7) is 5.80. The number of ether oxygens (including phenoxy) is 1. The van der Waals surface area contributed by atoms with E-state index in [-0.39, 0.29) is 30.1 Å². The van der Waals surface area contributed by atoms with Crippen LogP contribution in [0.2, 0.25) is 0 Å². The van der Waals surface area contributed by atoms with Gasteiger partial charge in [-0.1, -0.05) is 48.5 Å². The second-order valence-electron chi connectivity index (χ2n) is 15.1. The Hall–Kier alpha value is -8.05. The summed E-state index contributed by atoms with van der Waals surface area (Å²) in [6.07, 6.45) is 9.88. The number of carbonyl (C=O) groups is 3. The first-order valence-corrected chi connectivity index (χ1v) is 19.7. The number of amides is 4. The zero-order chi connectivity index (χ0) is 44.5. The predicted molar refractivity (Wildman–Crippen MR) is 237 cm³/mol. The van der Waals surface area contributed by atoms with E-state index >= 15 is 0 Å². The van der Waals surface area contributed by atoms with E-state index in [1.54, 1.807) is 97.1 Å². The Balaban J connectivity index is 0.000000191. The number of alkyl carbamates (subject to hydrolysis) is 1. The molecule has 0 fully saturated rings. The van der Waals surface area contributed by atoms with E-state index in [2.05, 4.69) is 41.4 Å². The van der Waals surface area contributed by atoms with Gasteiger partial charge in [-0.25, -0.2) is 37.4 Å². The van der Waals surface area contributed by atoms with Gasteiger partial charge in [0.2, 0.25) is 5.91 Å². The molecule has 8 rings (SSSR count). The quantitative estimate of drug-likeness (QED) is 0.0908. The molecule has 320 valence electrons. The van der Waals surface area contributed by atoms with Gasteiger partial charge in [-0.15, -0.1) is 0 Å². The zero-order valence-corrected chi connectivity index (χ0v) is 34.5. The number of fused-ring (bicyclic) bond motifs is 2. The van der Waals surface area contributed by atoms with Crippen LogP contribution in [0.3, 0.4) is 0 Å². The van der Waals surface area contributed by atoms with E-state index < -0.39 is 11.7 Å². The molecule has 0 saturated heterocycles. The molecule has 8 aromatic rings. The van der Waals surface area contributed by atoms with Gasteiger partial charge in [-0.05, 0) is 91.6 Å². The molecule has 6 N–H and O–H groups in total. The lowest BCUT2D eigenvalue weighted by atomic mass is 10.1. The van der Waals surface area contributed by atoms with Crippen LogP contribution < -0.4 is 27.0 Å². The minimum Gasteiger partial charge on any atom is -0.444 e. The molecule has 0 unspecified atom stereocenters. The third-order valence-corrected chi connectivity index (χ3v) is 9.18. The van der Waals surface area contributed by atoms with Crippen molar-refractivity contribution in [1.82, 2.24) is 39.8 Å². The summed E-state index contributed by atoms with van der Waals surface area (Å²) < 4.78 is 34.8.